The first-order valence-electron chi connectivity index (χ1n) is 6.17. The third kappa shape index (κ3) is 2.43. The van der Waals surface area contributed by atoms with Crippen LogP contribution in [0.5, 0.6) is 0 Å². The van der Waals surface area contributed by atoms with Crippen molar-refractivity contribution < 1.29 is 4.39 Å². The van der Waals surface area contributed by atoms with E-state index in [0.717, 1.165) is 17.9 Å². The molecule has 0 aliphatic carbocycles. The molecule has 0 amide bonds. The number of aromatic nitrogens is 2. The number of nitrogens with zero attached hydrogens (tertiary/aromatic N) is 2. The average Bonchev–Trinajstić information content (AvgIpc) is 2.73. The Labute approximate surface area is 107 Å². The minimum atomic E-state index is -0.232. The number of halogens is 1. The van der Waals surface area contributed by atoms with E-state index in [1.165, 1.54) is 17.7 Å². The predicted molar refractivity (Wildman–Crippen MR) is 70.4 cm³/mol. The van der Waals surface area contributed by atoms with E-state index in [-0.39, 0.29) is 11.9 Å². The van der Waals surface area contributed by atoms with E-state index in [1.807, 2.05) is 17.8 Å². The summed E-state index contributed by atoms with van der Waals surface area (Å²) in [5, 5.41) is 7.74. The molecule has 2 aromatic rings. The van der Waals surface area contributed by atoms with Crippen molar-refractivity contribution in [1.29, 1.82) is 0 Å². The highest BCUT2D eigenvalue weighted by Gasteiger charge is 2.13. The summed E-state index contributed by atoms with van der Waals surface area (Å²) in [6.07, 6.45) is 1.87. The number of benzene rings is 1. The van der Waals surface area contributed by atoms with Crippen molar-refractivity contribution in [1.82, 2.24) is 15.1 Å². The third-order valence-corrected chi connectivity index (χ3v) is 3.10. The van der Waals surface area contributed by atoms with Gasteiger partial charge in [0.2, 0.25) is 0 Å². The summed E-state index contributed by atoms with van der Waals surface area (Å²) >= 11 is 0. The zero-order valence-corrected chi connectivity index (χ0v) is 10.9. The topological polar surface area (TPSA) is 29.9 Å². The van der Waals surface area contributed by atoms with Crippen LogP contribution in [0, 0.1) is 12.7 Å². The van der Waals surface area contributed by atoms with Gasteiger partial charge >= 0.3 is 0 Å². The van der Waals surface area contributed by atoms with Gasteiger partial charge in [-0.2, -0.15) is 5.10 Å². The number of hydrogen-bond acceptors (Lipinski definition) is 2. The highest BCUT2D eigenvalue weighted by atomic mass is 19.1. The lowest BCUT2D eigenvalue weighted by molar-refractivity contribution is 0.594. The van der Waals surface area contributed by atoms with Crippen LogP contribution in [-0.4, -0.2) is 16.3 Å². The van der Waals surface area contributed by atoms with Gasteiger partial charge in [0.1, 0.15) is 5.82 Å². The highest BCUT2D eigenvalue weighted by molar-refractivity contribution is 5.35. The van der Waals surface area contributed by atoms with Crippen molar-refractivity contribution in [3.8, 4) is 5.69 Å². The Kier molecular flexibility index (Phi) is 3.77. The first kappa shape index (κ1) is 12.8. The maximum Gasteiger partial charge on any atom is 0.123 e. The maximum absolute atomic E-state index is 12.9. The van der Waals surface area contributed by atoms with Gasteiger partial charge in [0, 0.05) is 17.3 Å². The second-order valence-corrected chi connectivity index (χ2v) is 4.35. The molecule has 1 aromatic heterocycles. The molecule has 1 unspecified atom stereocenters. The summed E-state index contributed by atoms with van der Waals surface area (Å²) in [5.74, 6) is -0.232. The van der Waals surface area contributed by atoms with Crippen molar-refractivity contribution >= 4 is 0 Å². The number of nitrogens with one attached hydrogen (secondary N) is 1. The minimum absolute atomic E-state index is 0.232. The fourth-order valence-electron chi connectivity index (χ4n) is 2.11. The molecule has 1 N–H and O–H groups in total. The van der Waals surface area contributed by atoms with Gasteiger partial charge in [-0.1, -0.05) is 6.92 Å². The van der Waals surface area contributed by atoms with Gasteiger partial charge in [-0.05, 0) is 44.7 Å². The molecule has 0 saturated carbocycles. The van der Waals surface area contributed by atoms with Crippen LogP contribution in [0.2, 0.25) is 0 Å². The van der Waals surface area contributed by atoms with E-state index < -0.39 is 0 Å². The van der Waals surface area contributed by atoms with E-state index >= 15 is 0 Å². The average molecular weight is 247 g/mol. The van der Waals surface area contributed by atoms with Crippen LogP contribution in [0.4, 0.5) is 4.39 Å². The second-order valence-electron chi connectivity index (χ2n) is 4.35. The van der Waals surface area contributed by atoms with Crippen molar-refractivity contribution in [3.63, 3.8) is 0 Å². The number of hydrogen-bond donors (Lipinski definition) is 1. The van der Waals surface area contributed by atoms with Crippen molar-refractivity contribution in [2.75, 3.05) is 6.54 Å². The molecule has 0 spiro atoms. The third-order valence-electron chi connectivity index (χ3n) is 3.10. The molecule has 96 valence electrons. The van der Waals surface area contributed by atoms with E-state index in [2.05, 4.69) is 24.3 Å². The summed E-state index contributed by atoms with van der Waals surface area (Å²) < 4.78 is 14.7. The Morgan fingerprint density at radius 1 is 1.33 bits per heavy atom. The minimum Gasteiger partial charge on any atom is -0.310 e. The maximum atomic E-state index is 12.9. The molecule has 2 rings (SSSR count). The molecule has 0 fully saturated rings. The van der Waals surface area contributed by atoms with Crippen molar-refractivity contribution in [3.05, 3.63) is 47.5 Å². The second kappa shape index (κ2) is 5.31. The van der Waals surface area contributed by atoms with Gasteiger partial charge < -0.3 is 5.32 Å². The lowest BCUT2D eigenvalue weighted by Gasteiger charge is -2.12. The molecular weight excluding hydrogens is 229 g/mol. The molecule has 1 aromatic carbocycles. The molecule has 0 aliphatic rings. The van der Waals surface area contributed by atoms with E-state index in [9.17, 15) is 4.39 Å². The van der Waals surface area contributed by atoms with Gasteiger partial charge in [-0.15, -0.1) is 0 Å². The standard InChI is InChI=1S/C14H18FN3/c1-4-16-10(2)14-9-17-18(11(14)3)13-7-5-12(15)6-8-13/h5-10,16H,4H2,1-3H3. The Balaban J connectivity index is 2.33. The Morgan fingerprint density at radius 3 is 2.61 bits per heavy atom. The Hall–Kier alpha value is -1.68. The summed E-state index contributed by atoms with van der Waals surface area (Å²) in [4.78, 5) is 0. The first-order valence-corrected chi connectivity index (χ1v) is 6.17. The fraction of sp³-hybridized carbons (Fsp3) is 0.357. The Morgan fingerprint density at radius 2 is 2.00 bits per heavy atom. The predicted octanol–water partition coefficient (Wildman–Crippen LogP) is 2.99. The molecule has 0 radical (unpaired) electrons. The van der Waals surface area contributed by atoms with Crippen LogP contribution in [0.3, 0.4) is 0 Å². The monoisotopic (exact) mass is 247 g/mol. The van der Waals surface area contributed by atoms with E-state index in [4.69, 9.17) is 0 Å². The SMILES string of the molecule is CCNC(C)c1cnn(-c2ccc(F)cc2)c1C. The van der Waals surface area contributed by atoms with Gasteiger partial charge in [0.05, 0.1) is 11.9 Å². The van der Waals surface area contributed by atoms with Crippen LogP contribution in [0.1, 0.15) is 31.1 Å². The van der Waals surface area contributed by atoms with Gasteiger partial charge in [0.25, 0.3) is 0 Å². The van der Waals surface area contributed by atoms with Crippen LogP contribution < -0.4 is 5.32 Å². The molecule has 3 nitrogen and oxygen atoms in total. The summed E-state index contributed by atoms with van der Waals surface area (Å²) in [6.45, 7) is 7.14. The fourth-order valence-corrected chi connectivity index (χ4v) is 2.11. The zero-order valence-electron chi connectivity index (χ0n) is 10.9. The normalized spacial score (nSPS) is 12.7. The van der Waals surface area contributed by atoms with Crippen molar-refractivity contribution in [2.24, 2.45) is 0 Å². The van der Waals surface area contributed by atoms with Crippen LogP contribution in [-0.2, 0) is 0 Å². The first-order chi connectivity index (χ1) is 8.63. The largest absolute Gasteiger partial charge is 0.310 e. The summed E-state index contributed by atoms with van der Waals surface area (Å²) in [7, 11) is 0. The summed E-state index contributed by atoms with van der Waals surface area (Å²) in [5.41, 5.74) is 3.13. The van der Waals surface area contributed by atoms with Gasteiger partial charge in [-0.3, -0.25) is 0 Å². The van der Waals surface area contributed by atoms with Crippen LogP contribution in [0.25, 0.3) is 5.69 Å². The van der Waals surface area contributed by atoms with E-state index in [1.54, 1.807) is 12.1 Å². The van der Waals surface area contributed by atoms with Crippen molar-refractivity contribution in [2.45, 2.75) is 26.8 Å². The molecule has 0 bridgehead atoms. The highest BCUT2D eigenvalue weighted by Crippen LogP contribution is 2.20. The van der Waals surface area contributed by atoms with Crippen LogP contribution >= 0.6 is 0 Å². The van der Waals surface area contributed by atoms with Gasteiger partial charge in [0.15, 0.2) is 0 Å². The molecular formula is C14H18FN3. The molecule has 1 atom stereocenters. The lowest BCUT2D eigenvalue weighted by atomic mass is 10.1. The lowest BCUT2D eigenvalue weighted by Crippen LogP contribution is -2.18. The number of rotatable bonds is 4. The van der Waals surface area contributed by atoms with Crippen LogP contribution in [0.15, 0.2) is 30.5 Å². The van der Waals surface area contributed by atoms with Gasteiger partial charge in [-0.25, -0.2) is 9.07 Å². The Bertz CT molecular complexity index is 516. The van der Waals surface area contributed by atoms with E-state index in [0.29, 0.717) is 0 Å². The molecule has 18 heavy (non-hydrogen) atoms. The molecule has 0 aliphatic heterocycles. The molecule has 4 heteroatoms. The smallest absolute Gasteiger partial charge is 0.123 e. The quantitative estimate of drug-likeness (QED) is 0.900. The zero-order chi connectivity index (χ0) is 13.1. The molecule has 0 saturated heterocycles. The molecule has 1 heterocycles. The summed E-state index contributed by atoms with van der Waals surface area (Å²) in [6, 6.07) is 6.63.